The molecule has 1 N–H and O–H groups in total. The number of pyridine rings is 1. The molecule has 0 bridgehead atoms. The van der Waals surface area contributed by atoms with Crippen molar-refractivity contribution < 1.29 is 29.0 Å². The molecule has 3 aliphatic rings. The monoisotopic (exact) mass is 565 g/mol. The van der Waals surface area contributed by atoms with Crippen LogP contribution in [0.2, 0.25) is 0 Å². The van der Waals surface area contributed by atoms with E-state index in [9.17, 15) is 19.5 Å². The van der Waals surface area contributed by atoms with Gasteiger partial charge in [-0.2, -0.15) is 0 Å². The van der Waals surface area contributed by atoms with E-state index in [0.717, 1.165) is 34.9 Å². The normalized spacial score (nSPS) is 17.7. The highest BCUT2D eigenvalue weighted by Gasteiger charge is 2.43. The number of benzene rings is 2. The van der Waals surface area contributed by atoms with Crippen molar-refractivity contribution in [1.29, 1.82) is 0 Å². The first-order valence-corrected chi connectivity index (χ1v) is 14.3. The second-order valence-corrected chi connectivity index (χ2v) is 11.7. The zero-order chi connectivity index (χ0) is 29.2. The Balaban J connectivity index is 1.09. The lowest BCUT2D eigenvalue weighted by atomic mass is 9.81. The Bertz CT molecular complexity index is 1780. The van der Waals surface area contributed by atoms with Crippen LogP contribution in [0.4, 0.5) is 0 Å². The maximum absolute atomic E-state index is 13.7. The average Bonchev–Trinajstić information content (AvgIpc) is 3.79. The van der Waals surface area contributed by atoms with Crippen LogP contribution in [0.5, 0.6) is 5.75 Å². The molecule has 0 unspecified atom stereocenters. The number of piperidine rings is 1. The fourth-order valence-corrected chi connectivity index (χ4v) is 6.51. The number of nitrogens with zero attached hydrogens (tertiary/aromatic N) is 3. The van der Waals surface area contributed by atoms with Crippen molar-refractivity contribution in [2.45, 2.75) is 50.7 Å². The largest absolute Gasteiger partial charge is 0.496 e. The van der Waals surface area contributed by atoms with E-state index in [1.165, 1.54) is 12.3 Å². The molecule has 1 spiro atoms. The summed E-state index contributed by atoms with van der Waals surface area (Å²) in [6.07, 6.45) is 8.99. The number of fused-ring (bicyclic) bond motifs is 2. The van der Waals surface area contributed by atoms with Gasteiger partial charge in [0.15, 0.2) is 0 Å². The highest BCUT2D eigenvalue weighted by molar-refractivity contribution is 6.01. The van der Waals surface area contributed by atoms with Crippen LogP contribution >= 0.6 is 0 Å². The van der Waals surface area contributed by atoms with Gasteiger partial charge in [-0.15, -0.1) is 0 Å². The van der Waals surface area contributed by atoms with Gasteiger partial charge in [0, 0.05) is 73.5 Å². The van der Waals surface area contributed by atoms with Crippen molar-refractivity contribution in [3.8, 4) is 16.9 Å². The topological polar surface area (TPSA) is 111 Å². The molecule has 42 heavy (non-hydrogen) atoms. The first-order valence-electron chi connectivity index (χ1n) is 14.3. The quantitative estimate of drug-likeness (QED) is 0.321. The van der Waals surface area contributed by atoms with Gasteiger partial charge in [0.05, 0.1) is 23.8 Å². The third kappa shape index (κ3) is 4.40. The molecule has 2 aromatic carbocycles. The summed E-state index contributed by atoms with van der Waals surface area (Å²) in [5.74, 6) is -0.790. The highest BCUT2D eigenvalue weighted by Crippen LogP contribution is 2.42. The lowest BCUT2D eigenvalue weighted by molar-refractivity contribution is -0.0526. The van der Waals surface area contributed by atoms with E-state index in [1.54, 1.807) is 19.4 Å². The molecule has 4 heterocycles. The number of carbonyl (C=O) groups is 3. The van der Waals surface area contributed by atoms with E-state index in [-0.39, 0.29) is 11.5 Å². The minimum Gasteiger partial charge on any atom is -0.496 e. The number of hydrogen-bond donors (Lipinski definition) is 1. The van der Waals surface area contributed by atoms with Gasteiger partial charge >= 0.3 is 11.9 Å². The van der Waals surface area contributed by atoms with Crippen molar-refractivity contribution >= 4 is 28.7 Å². The molecule has 0 atom stereocenters. The smallest absolute Gasteiger partial charge is 0.338 e. The predicted octanol–water partition coefficient (Wildman–Crippen LogP) is 5.44. The highest BCUT2D eigenvalue weighted by atomic mass is 16.6. The molecule has 4 aromatic rings. The van der Waals surface area contributed by atoms with Gasteiger partial charge in [-0.1, -0.05) is 12.1 Å². The fourth-order valence-electron chi connectivity index (χ4n) is 6.51. The summed E-state index contributed by atoms with van der Waals surface area (Å²) in [7, 11) is 1.64. The van der Waals surface area contributed by atoms with E-state index in [1.807, 2.05) is 29.2 Å². The molecule has 9 nitrogen and oxygen atoms in total. The maximum atomic E-state index is 13.7. The Morgan fingerprint density at radius 3 is 2.55 bits per heavy atom. The Morgan fingerprint density at radius 2 is 1.83 bits per heavy atom. The molecule has 2 aromatic heterocycles. The standard InChI is InChI=1S/C33H31N3O6/c1-19-18-36(25-5-6-25)27-13-22(14-28(41-2)29(19)27)30(37)35-9-7-33(8-10-35)15-21-4-3-20(12-26(21)32(40)42-33)23-11-24(31(38)39)17-34-16-23/h3-4,11-14,16-18,25H,5-10,15H2,1-2H3,(H,38,39). The van der Waals surface area contributed by atoms with Crippen LogP contribution in [-0.4, -0.2) is 63.2 Å². The Labute approximate surface area is 242 Å². The minimum absolute atomic E-state index is 0.0457. The van der Waals surface area contributed by atoms with Gasteiger partial charge in [0.25, 0.3) is 5.91 Å². The number of likely N-dealkylation sites (tertiary alicyclic amines) is 1. The molecular formula is C33H31N3O6. The molecule has 1 aliphatic carbocycles. The zero-order valence-electron chi connectivity index (χ0n) is 23.6. The maximum Gasteiger partial charge on any atom is 0.338 e. The number of carbonyl (C=O) groups excluding carboxylic acids is 2. The van der Waals surface area contributed by atoms with Crippen LogP contribution in [0.3, 0.4) is 0 Å². The van der Waals surface area contributed by atoms with E-state index in [2.05, 4.69) is 22.7 Å². The van der Waals surface area contributed by atoms with E-state index in [4.69, 9.17) is 9.47 Å². The SMILES string of the molecule is COc1cc(C(=O)N2CCC3(CC2)Cc2ccc(-c4cncc(C(=O)O)c4)cc2C(=O)O3)cc2c1c(C)cn2C1CC1. The molecule has 214 valence electrons. The number of aromatic nitrogens is 2. The molecular weight excluding hydrogens is 534 g/mol. The summed E-state index contributed by atoms with van der Waals surface area (Å²) in [5.41, 5.74) is 4.90. The van der Waals surface area contributed by atoms with E-state index >= 15 is 0 Å². The van der Waals surface area contributed by atoms with Gasteiger partial charge in [-0.3, -0.25) is 9.78 Å². The van der Waals surface area contributed by atoms with Crippen LogP contribution in [0.15, 0.2) is 55.0 Å². The molecule has 2 aliphatic heterocycles. The number of carboxylic acids is 1. The molecule has 1 amide bonds. The summed E-state index contributed by atoms with van der Waals surface area (Å²) in [6, 6.07) is 11.4. The number of ether oxygens (including phenoxy) is 2. The molecule has 1 saturated heterocycles. The Morgan fingerprint density at radius 1 is 1.05 bits per heavy atom. The number of aromatic carboxylic acids is 1. The number of carboxylic acid groups (broad SMARTS) is 1. The van der Waals surface area contributed by atoms with Gasteiger partial charge in [0.1, 0.15) is 11.4 Å². The van der Waals surface area contributed by atoms with Gasteiger partial charge < -0.3 is 24.0 Å². The van der Waals surface area contributed by atoms with Crippen molar-refractivity contribution in [1.82, 2.24) is 14.5 Å². The van der Waals surface area contributed by atoms with Crippen molar-refractivity contribution in [3.05, 3.63) is 82.8 Å². The third-order valence-electron chi connectivity index (χ3n) is 8.93. The van der Waals surface area contributed by atoms with Crippen molar-refractivity contribution in [2.75, 3.05) is 20.2 Å². The summed E-state index contributed by atoms with van der Waals surface area (Å²) in [5, 5.41) is 10.4. The third-order valence-corrected chi connectivity index (χ3v) is 8.93. The van der Waals surface area contributed by atoms with Gasteiger partial charge in [-0.25, -0.2) is 9.59 Å². The van der Waals surface area contributed by atoms with Crippen LogP contribution in [0.25, 0.3) is 22.0 Å². The van der Waals surface area contributed by atoms with Crippen LogP contribution < -0.4 is 4.74 Å². The van der Waals surface area contributed by atoms with Gasteiger partial charge in [0.2, 0.25) is 0 Å². The molecule has 7 rings (SSSR count). The van der Waals surface area contributed by atoms with Gasteiger partial charge in [-0.05, 0) is 60.7 Å². The predicted molar refractivity (Wildman–Crippen MR) is 155 cm³/mol. The van der Waals surface area contributed by atoms with Crippen LogP contribution in [0.1, 0.15) is 73.9 Å². The second-order valence-electron chi connectivity index (χ2n) is 11.7. The Kier molecular flexibility index (Phi) is 6.07. The van der Waals surface area contributed by atoms with E-state index < -0.39 is 17.5 Å². The average molecular weight is 566 g/mol. The fraction of sp³-hybridized carbons (Fsp3) is 0.333. The van der Waals surface area contributed by atoms with Crippen molar-refractivity contribution in [2.24, 2.45) is 0 Å². The number of esters is 1. The Hall–Kier alpha value is -4.66. The summed E-state index contributed by atoms with van der Waals surface area (Å²) >= 11 is 0. The summed E-state index contributed by atoms with van der Waals surface area (Å²) < 4.78 is 14.1. The minimum atomic E-state index is -1.06. The first-order chi connectivity index (χ1) is 20.2. The summed E-state index contributed by atoms with van der Waals surface area (Å²) in [6.45, 7) is 3.04. The number of rotatable bonds is 5. The number of aryl methyl sites for hydroxylation is 1. The van der Waals surface area contributed by atoms with E-state index in [0.29, 0.717) is 66.4 Å². The van der Waals surface area contributed by atoms with Crippen LogP contribution in [0, 0.1) is 6.92 Å². The lowest BCUT2D eigenvalue weighted by Gasteiger charge is -2.43. The van der Waals surface area contributed by atoms with Crippen molar-refractivity contribution in [3.63, 3.8) is 0 Å². The lowest BCUT2D eigenvalue weighted by Crippen LogP contribution is -2.51. The molecule has 2 fully saturated rings. The van der Waals surface area contributed by atoms with Crippen LogP contribution in [-0.2, 0) is 11.2 Å². The number of hydrogen-bond acceptors (Lipinski definition) is 6. The second kappa shape index (κ2) is 9.72. The first kappa shape index (κ1) is 26.3. The number of amides is 1. The number of methoxy groups -OCH3 is 1. The zero-order valence-corrected chi connectivity index (χ0v) is 23.6. The summed E-state index contributed by atoms with van der Waals surface area (Å²) in [4.78, 5) is 44.1. The molecule has 0 radical (unpaired) electrons. The molecule has 1 saturated carbocycles. The molecule has 9 heteroatoms.